The monoisotopic (exact) mass is 379 g/mol. The molecule has 0 N–H and O–H groups in total. The Kier molecular flexibility index (Phi) is 6.12. The fourth-order valence-electron chi connectivity index (χ4n) is 3.49. The van der Waals surface area contributed by atoms with Crippen LogP contribution in [0.15, 0.2) is 59.7 Å². The van der Waals surface area contributed by atoms with Gasteiger partial charge in [-0.1, -0.05) is 57.2 Å². The Balaban J connectivity index is 1.70. The molecule has 5 heteroatoms. The SMILES string of the molecule is CC(C)(C)C(=O)N1CCC(C(=O)N=c2ccccn2Cc2ccccc2)CC1. The number of hydrogen-bond acceptors (Lipinski definition) is 2. The number of carbonyl (C=O) groups is 2. The topological polar surface area (TPSA) is 54.7 Å². The number of hydrogen-bond donors (Lipinski definition) is 0. The molecule has 148 valence electrons. The van der Waals surface area contributed by atoms with Gasteiger partial charge in [0.15, 0.2) is 0 Å². The van der Waals surface area contributed by atoms with Gasteiger partial charge in [0.1, 0.15) is 5.49 Å². The highest BCUT2D eigenvalue weighted by atomic mass is 16.2. The summed E-state index contributed by atoms with van der Waals surface area (Å²) >= 11 is 0. The van der Waals surface area contributed by atoms with Crippen LogP contribution in [0.1, 0.15) is 39.2 Å². The lowest BCUT2D eigenvalue weighted by molar-refractivity contribution is -0.142. The predicted octanol–water partition coefficient (Wildman–Crippen LogP) is 3.25. The minimum absolute atomic E-state index is 0.0872. The van der Waals surface area contributed by atoms with Crippen LogP contribution < -0.4 is 5.49 Å². The zero-order chi connectivity index (χ0) is 20.1. The maximum Gasteiger partial charge on any atom is 0.250 e. The Hall–Kier alpha value is -2.69. The van der Waals surface area contributed by atoms with Crippen LogP contribution in [-0.2, 0) is 16.1 Å². The minimum atomic E-state index is -0.381. The van der Waals surface area contributed by atoms with Crippen molar-refractivity contribution in [1.29, 1.82) is 0 Å². The molecule has 1 aromatic heterocycles. The Morgan fingerprint density at radius 3 is 2.29 bits per heavy atom. The quantitative estimate of drug-likeness (QED) is 0.822. The first kappa shape index (κ1) is 20.1. The molecule has 0 spiro atoms. The van der Waals surface area contributed by atoms with Crippen LogP contribution in [0.3, 0.4) is 0 Å². The van der Waals surface area contributed by atoms with E-state index in [0.717, 1.165) is 5.56 Å². The summed E-state index contributed by atoms with van der Waals surface area (Å²) in [5.74, 6) is -0.0515. The smallest absolute Gasteiger partial charge is 0.250 e. The fraction of sp³-hybridized carbons (Fsp3) is 0.435. The molecule has 0 atom stereocenters. The van der Waals surface area contributed by atoms with Gasteiger partial charge in [-0.15, -0.1) is 0 Å². The zero-order valence-corrected chi connectivity index (χ0v) is 17.0. The van der Waals surface area contributed by atoms with Gasteiger partial charge in [-0.25, -0.2) is 0 Å². The number of piperidine rings is 1. The molecule has 2 heterocycles. The highest BCUT2D eigenvalue weighted by molar-refractivity contribution is 5.83. The molecule has 1 aromatic carbocycles. The van der Waals surface area contributed by atoms with Gasteiger partial charge in [0.05, 0.1) is 0 Å². The normalized spacial score (nSPS) is 16.2. The molecule has 0 bridgehead atoms. The summed E-state index contributed by atoms with van der Waals surface area (Å²) < 4.78 is 1.99. The first-order valence-electron chi connectivity index (χ1n) is 9.92. The van der Waals surface area contributed by atoms with E-state index in [1.807, 2.05) is 72.8 Å². The van der Waals surface area contributed by atoms with Crippen molar-refractivity contribution in [3.05, 3.63) is 65.8 Å². The lowest BCUT2D eigenvalue weighted by atomic mass is 9.91. The largest absolute Gasteiger partial charge is 0.342 e. The molecular formula is C23H29N3O2. The average molecular weight is 380 g/mol. The molecule has 1 aliphatic heterocycles. The second-order valence-corrected chi connectivity index (χ2v) is 8.44. The van der Waals surface area contributed by atoms with Gasteiger partial charge in [0.2, 0.25) is 5.91 Å². The molecule has 1 saturated heterocycles. The molecule has 5 nitrogen and oxygen atoms in total. The van der Waals surface area contributed by atoms with Crippen LogP contribution in [-0.4, -0.2) is 34.4 Å². The van der Waals surface area contributed by atoms with E-state index in [0.29, 0.717) is 38.0 Å². The minimum Gasteiger partial charge on any atom is -0.342 e. The molecule has 1 fully saturated rings. The van der Waals surface area contributed by atoms with E-state index in [-0.39, 0.29) is 23.1 Å². The number of rotatable bonds is 3. The van der Waals surface area contributed by atoms with E-state index in [1.54, 1.807) is 0 Å². The fourth-order valence-corrected chi connectivity index (χ4v) is 3.49. The van der Waals surface area contributed by atoms with Gasteiger partial charge in [-0.05, 0) is 30.5 Å². The lowest BCUT2D eigenvalue weighted by Crippen LogP contribution is -2.45. The van der Waals surface area contributed by atoms with Crippen molar-refractivity contribution in [1.82, 2.24) is 9.47 Å². The summed E-state index contributed by atoms with van der Waals surface area (Å²) in [5.41, 5.74) is 1.45. The van der Waals surface area contributed by atoms with E-state index in [1.165, 1.54) is 0 Å². The number of amides is 2. The molecule has 3 rings (SSSR count). The molecule has 28 heavy (non-hydrogen) atoms. The van der Waals surface area contributed by atoms with E-state index < -0.39 is 0 Å². The van der Waals surface area contributed by atoms with Crippen molar-refractivity contribution >= 4 is 11.8 Å². The van der Waals surface area contributed by atoms with Crippen LogP contribution >= 0.6 is 0 Å². The van der Waals surface area contributed by atoms with E-state index in [4.69, 9.17) is 0 Å². The van der Waals surface area contributed by atoms with E-state index in [2.05, 4.69) is 17.1 Å². The maximum atomic E-state index is 12.8. The molecule has 2 amide bonds. The third-order valence-electron chi connectivity index (χ3n) is 5.11. The van der Waals surface area contributed by atoms with Gasteiger partial charge < -0.3 is 9.47 Å². The van der Waals surface area contributed by atoms with Gasteiger partial charge in [-0.3, -0.25) is 9.59 Å². The van der Waals surface area contributed by atoms with Gasteiger partial charge in [0.25, 0.3) is 5.91 Å². The molecule has 0 aliphatic carbocycles. The maximum absolute atomic E-state index is 12.8. The number of carbonyl (C=O) groups excluding carboxylic acids is 2. The second-order valence-electron chi connectivity index (χ2n) is 8.44. The Morgan fingerprint density at radius 2 is 1.64 bits per heavy atom. The van der Waals surface area contributed by atoms with Crippen molar-refractivity contribution in [2.75, 3.05) is 13.1 Å². The highest BCUT2D eigenvalue weighted by Gasteiger charge is 2.32. The Morgan fingerprint density at radius 1 is 1.00 bits per heavy atom. The molecular weight excluding hydrogens is 350 g/mol. The molecule has 1 aliphatic rings. The van der Waals surface area contributed by atoms with E-state index >= 15 is 0 Å². The summed E-state index contributed by atoms with van der Waals surface area (Å²) in [7, 11) is 0. The number of likely N-dealkylation sites (tertiary alicyclic amines) is 1. The first-order chi connectivity index (χ1) is 13.3. The predicted molar refractivity (Wildman–Crippen MR) is 109 cm³/mol. The van der Waals surface area contributed by atoms with Crippen molar-refractivity contribution in [3.8, 4) is 0 Å². The lowest BCUT2D eigenvalue weighted by Gasteiger charge is -2.34. The van der Waals surface area contributed by atoms with Crippen LogP contribution in [0.4, 0.5) is 0 Å². The van der Waals surface area contributed by atoms with Crippen LogP contribution in [0.25, 0.3) is 0 Å². The van der Waals surface area contributed by atoms with Gasteiger partial charge in [-0.2, -0.15) is 4.99 Å². The van der Waals surface area contributed by atoms with Crippen LogP contribution in [0.2, 0.25) is 0 Å². The summed E-state index contributed by atoms with van der Waals surface area (Å²) in [6.07, 6.45) is 3.30. The van der Waals surface area contributed by atoms with Crippen molar-refractivity contribution < 1.29 is 9.59 Å². The first-order valence-corrected chi connectivity index (χ1v) is 9.92. The molecule has 0 radical (unpaired) electrons. The standard InChI is InChI=1S/C23H29N3O2/c1-23(2,3)22(28)25-15-12-19(13-16-25)21(27)24-20-11-7-8-14-26(20)17-18-9-5-4-6-10-18/h4-11,14,19H,12-13,15-17H2,1-3H3. The molecule has 0 saturated carbocycles. The van der Waals surface area contributed by atoms with Crippen molar-refractivity contribution in [2.45, 2.75) is 40.2 Å². The van der Waals surface area contributed by atoms with Crippen molar-refractivity contribution in [3.63, 3.8) is 0 Å². The summed E-state index contributed by atoms with van der Waals surface area (Å²) in [6, 6.07) is 15.9. The Bertz CT molecular complexity index is 886. The second kappa shape index (κ2) is 8.55. The van der Waals surface area contributed by atoms with Crippen LogP contribution in [0.5, 0.6) is 0 Å². The third kappa shape index (κ3) is 4.97. The summed E-state index contributed by atoms with van der Waals surface area (Å²) in [5, 5.41) is 0. The summed E-state index contributed by atoms with van der Waals surface area (Å²) in [4.78, 5) is 31.5. The van der Waals surface area contributed by atoms with Gasteiger partial charge >= 0.3 is 0 Å². The average Bonchev–Trinajstić information content (AvgIpc) is 2.69. The van der Waals surface area contributed by atoms with Crippen molar-refractivity contribution in [2.24, 2.45) is 16.3 Å². The van der Waals surface area contributed by atoms with Gasteiger partial charge in [0, 0.05) is 37.2 Å². The number of nitrogens with zero attached hydrogens (tertiary/aromatic N) is 3. The Labute approximate surface area is 166 Å². The molecule has 0 unspecified atom stereocenters. The third-order valence-corrected chi connectivity index (χ3v) is 5.11. The van der Waals surface area contributed by atoms with E-state index in [9.17, 15) is 9.59 Å². The highest BCUT2D eigenvalue weighted by Crippen LogP contribution is 2.24. The number of benzene rings is 1. The number of aromatic nitrogens is 1. The zero-order valence-electron chi connectivity index (χ0n) is 17.0. The summed E-state index contributed by atoms with van der Waals surface area (Å²) in [6.45, 7) is 7.72. The van der Waals surface area contributed by atoms with Crippen LogP contribution in [0, 0.1) is 11.3 Å². The molecule has 2 aromatic rings. The number of pyridine rings is 1.